The average Bonchev–Trinajstić information content (AvgIpc) is 3.62. The summed E-state index contributed by atoms with van der Waals surface area (Å²) in [4.78, 5) is 64.4. The number of halogens is 1. The number of ether oxygens (including phenoxy) is 1. The van der Waals surface area contributed by atoms with E-state index in [-0.39, 0.29) is 23.9 Å². The van der Waals surface area contributed by atoms with Crippen LogP contribution >= 0.6 is 15.9 Å². The lowest BCUT2D eigenvalue weighted by Crippen LogP contribution is -2.53. The van der Waals surface area contributed by atoms with Gasteiger partial charge in [-0.25, -0.2) is 13.4 Å². The summed E-state index contributed by atoms with van der Waals surface area (Å²) in [6.07, 6.45) is 9.21. The number of hydrogen-bond acceptors (Lipinski definition) is 15. The van der Waals surface area contributed by atoms with Crippen molar-refractivity contribution in [1.29, 1.82) is 0 Å². The Morgan fingerprint density at radius 2 is 1.67 bits per heavy atom. The van der Waals surface area contributed by atoms with E-state index in [4.69, 9.17) is 9.72 Å². The Bertz CT molecular complexity index is 2760. The molecule has 0 spiro atoms. The van der Waals surface area contributed by atoms with Crippen LogP contribution in [0.3, 0.4) is 0 Å². The minimum atomic E-state index is -3.65. The number of methoxy groups -OCH3 is 1. The molecule has 2 aromatic heterocycles. The summed E-state index contributed by atoms with van der Waals surface area (Å²) in [5.74, 6) is 0.519. The molecular formula is C44H49BrN12O6S. The van der Waals surface area contributed by atoms with Gasteiger partial charge in [0.1, 0.15) is 23.1 Å². The second-order valence-corrected chi connectivity index (χ2v) is 19.0. The van der Waals surface area contributed by atoms with Gasteiger partial charge in [0.05, 0.1) is 40.4 Å². The first-order chi connectivity index (χ1) is 30.8. The number of piperidine rings is 2. The number of carbonyl (C=O) groups is 3. The van der Waals surface area contributed by atoms with Crippen LogP contribution in [0.5, 0.6) is 5.75 Å². The number of imide groups is 1. The number of anilines is 7. The van der Waals surface area contributed by atoms with Crippen molar-refractivity contribution < 1.29 is 27.5 Å². The normalized spacial score (nSPS) is 18.6. The van der Waals surface area contributed by atoms with Crippen molar-refractivity contribution in [2.24, 2.45) is 0 Å². The lowest BCUT2D eigenvalue weighted by atomic mass is 9.99. The first-order valence-corrected chi connectivity index (χ1v) is 24.0. The molecule has 334 valence electrons. The lowest BCUT2D eigenvalue weighted by Gasteiger charge is -2.44. The van der Waals surface area contributed by atoms with Crippen molar-refractivity contribution in [3.63, 3.8) is 0 Å². The van der Waals surface area contributed by atoms with Gasteiger partial charge in [0, 0.05) is 99.9 Å². The van der Waals surface area contributed by atoms with Crippen molar-refractivity contribution in [3.05, 3.63) is 82.2 Å². The number of aryl methyl sites for hydroxylation is 1. The average molecular weight is 954 g/mol. The molecule has 0 saturated carbocycles. The molecule has 3 fully saturated rings. The van der Waals surface area contributed by atoms with Gasteiger partial charge >= 0.3 is 0 Å². The van der Waals surface area contributed by atoms with Gasteiger partial charge < -0.3 is 30.1 Å². The fourth-order valence-corrected chi connectivity index (χ4v) is 10.1. The van der Waals surface area contributed by atoms with Crippen LogP contribution in [0.4, 0.5) is 40.2 Å². The van der Waals surface area contributed by atoms with E-state index in [2.05, 4.69) is 91.4 Å². The van der Waals surface area contributed by atoms with E-state index < -0.39 is 22.0 Å². The van der Waals surface area contributed by atoms with Gasteiger partial charge in [-0.05, 0) is 89.1 Å². The van der Waals surface area contributed by atoms with E-state index >= 15 is 0 Å². The van der Waals surface area contributed by atoms with E-state index in [1.807, 2.05) is 12.1 Å². The van der Waals surface area contributed by atoms with E-state index in [1.165, 1.54) is 6.20 Å². The van der Waals surface area contributed by atoms with Gasteiger partial charge in [0.25, 0.3) is 5.91 Å². The van der Waals surface area contributed by atoms with Gasteiger partial charge in [-0.3, -0.25) is 39.3 Å². The minimum Gasteiger partial charge on any atom is -0.494 e. The van der Waals surface area contributed by atoms with Gasteiger partial charge in [-0.2, -0.15) is 4.98 Å². The molecule has 4 aliphatic heterocycles. The predicted molar refractivity (Wildman–Crippen MR) is 248 cm³/mol. The van der Waals surface area contributed by atoms with E-state index in [9.17, 15) is 22.8 Å². The van der Waals surface area contributed by atoms with E-state index in [0.717, 1.165) is 87.3 Å². The second-order valence-electron chi connectivity index (χ2n) is 16.4. The zero-order valence-corrected chi connectivity index (χ0v) is 38.1. The largest absolute Gasteiger partial charge is 0.494 e. The topological polar surface area (TPSA) is 207 Å². The van der Waals surface area contributed by atoms with Gasteiger partial charge in [-0.15, -0.1) is 0 Å². The Balaban J connectivity index is 0.828. The van der Waals surface area contributed by atoms with Crippen LogP contribution in [0.2, 0.25) is 0 Å². The number of nitrogens with zero attached hydrogens (tertiary/aromatic N) is 8. The maximum atomic E-state index is 13.2. The maximum absolute atomic E-state index is 13.2. The molecule has 0 bridgehead atoms. The van der Waals surface area contributed by atoms with Crippen molar-refractivity contribution in [2.45, 2.75) is 57.7 Å². The third-order valence-corrected chi connectivity index (χ3v) is 13.6. The molecule has 0 unspecified atom stereocenters. The number of nitrogens with one attached hydrogen (secondary N) is 4. The molecule has 3 amide bonds. The van der Waals surface area contributed by atoms with Crippen molar-refractivity contribution >= 4 is 94.9 Å². The van der Waals surface area contributed by atoms with Crippen LogP contribution < -0.4 is 35.2 Å². The number of fused-ring (bicyclic) bond motifs is 2. The molecule has 64 heavy (non-hydrogen) atoms. The molecule has 4 aliphatic rings. The number of carbonyl (C=O) groups excluding carboxylic acids is 3. The summed E-state index contributed by atoms with van der Waals surface area (Å²) < 4.78 is 33.8. The fourth-order valence-electron chi connectivity index (χ4n) is 9.23. The SMILES string of the molecule is CCc1cc(Nc2ncc(Br)c(Nc3ccc4nccnc4c3NS(C)(=O)=O)n2)c(OC)cc1N1CCC(N2CCN(c3ccc4c(c3)CN([C@H]3CCC(=O)NC3=O)C4=O)CC2)CC1. The quantitative estimate of drug-likeness (QED) is 0.119. The number of rotatable bonds is 12. The zero-order valence-electron chi connectivity index (χ0n) is 35.7. The highest BCUT2D eigenvalue weighted by atomic mass is 79.9. The van der Waals surface area contributed by atoms with Crippen LogP contribution in [0, 0.1) is 0 Å². The van der Waals surface area contributed by atoms with Gasteiger partial charge in [0.15, 0.2) is 0 Å². The Morgan fingerprint density at radius 1 is 0.891 bits per heavy atom. The molecule has 3 saturated heterocycles. The zero-order chi connectivity index (χ0) is 44.7. The predicted octanol–water partition coefficient (Wildman–Crippen LogP) is 5.16. The first-order valence-electron chi connectivity index (χ1n) is 21.4. The molecular weight excluding hydrogens is 905 g/mol. The number of amides is 3. The Labute approximate surface area is 379 Å². The first kappa shape index (κ1) is 43.1. The molecule has 6 heterocycles. The molecule has 18 nitrogen and oxygen atoms in total. The summed E-state index contributed by atoms with van der Waals surface area (Å²) in [5.41, 5.74) is 7.26. The van der Waals surface area contributed by atoms with Crippen molar-refractivity contribution in [3.8, 4) is 5.75 Å². The molecule has 3 aromatic carbocycles. The van der Waals surface area contributed by atoms with Crippen LogP contribution in [0.1, 0.15) is 54.1 Å². The Kier molecular flexibility index (Phi) is 12.0. The molecule has 1 atom stereocenters. The summed E-state index contributed by atoms with van der Waals surface area (Å²) in [5, 5.41) is 8.97. The third kappa shape index (κ3) is 8.85. The number of aromatic nitrogens is 4. The molecule has 4 N–H and O–H groups in total. The minimum absolute atomic E-state index is 0.152. The highest BCUT2D eigenvalue weighted by Gasteiger charge is 2.39. The number of benzene rings is 3. The molecule has 0 radical (unpaired) electrons. The molecule has 0 aliphatic carbocycles. The maximum Gasteiger partial charge on any atom is 0.255 e. The number of sulfonamides is 1. The van der Waals surface area contributed by atoms with Gasteiger partial charge in [-0.1, -0.05) is 6.92 Å². The Morgan fingerprint density at radius 3 is 2.41 bits per heavy atom. The monoisotopic (exact) mass is 952 g/mol. The molecule has 20 heteroatoms. The Hall–Kier alpha value is -6.12. The standard InChI is InChI=1S/C44H49BrN12O6S/c1-4-26-22-34(50-44-48-24-31(45)41(52-44)49-33-8-7-32-39(47-14-13-46-32)40(33)53-64(3,61)62)37(63-2)23-36(26)56-15-11-28(12-16-56)54-17-19-55(20-18-54)29-5-6-30-27(21-29)25-57(43(30)60)35-9-10-38(58)51-42(35)59/h5-8,13-14,21-24,28,35,53H,4,9-12,15-20,25H2,1-3H3,(H,51,58,59)(H2,48,49,50,52)/t35-/m0/s1. The number of piperazine rings is 1. The third-order valence-electron chi connectivity index (χ3n) is 12.5. The summed E-state index contributed by atoms with van der Waals surface area (Å²) >= 11 is 3.54. The van der Waals surface area contributed by atoms with Crippen LogP contribution in [-0.4, -0.2) is 121 Å². The smallest absolute Gasteiger partial charge is 0.255 e. The summed E-state index contributed by atoms with van der Waals surface area (Å²) in [6.45, 7) is 8.00. The fraction of sp³-hybridized carbons (Fsp3) is 0.386. The summed E-state index contributed by atoms with van der Waals surface area (Å²) in [7, 11) is -2.01. The molecule has 9 rings (SSSR count). The summed E-state index contributed by atoms with van der Waals surface area (Å²) in [6, 6.07) is 13.5. The van der Waals surface area contributed by atoms with Crippen LogP contribution in [0.25, 0.3) is 11.0 Å². The second kappa shape index (κ2) is 17.8. The van der Waals surface area contributed by atoms with Crippen molar-refractivity contribution in [2.75, 3.05) is 77.8 Å². The number of hydrogen-bond donors (Lipinski definition) is 4. The highest BCUT2D eigenvalue weighted by Crippen LogP contribution is 2.39. The van der Waals surface area contributed by atoms with Crippen molar-refractivity contribution in [1.82, 2.24) is 35.1 Å². The van der Waals surface area contributed by atoms with Crippen LogP contribution in [-0.2, 0) is 32.6 Å². The highest BCUT2D eigenvalue weighted by molar-refractivity contribution is 9.10. The molecule has 5 aromatic rings. The van der Waals surface area contributed by atoms with Crippen LogP contribution in [0.15, 0.2) is 65.5 Å². The van der Waals surface area contributed by atoms with E-state index in [0.29, 0.717) is 69.0 Å². The van der Waals surface area contributed by atoms with Gasteiger partial charge in [0.2, 0.25) is 27.8 Å². The van der Waals surface area contributed by atoms with E-state index in [1.54, 1.807) is 36.5 Å². The lowest BCUT2D eigenvalue weighted by molar-refractivity contribution is -0.136.